The van der Waals surface area contributed by atoms with E-state index >= 15 is 0 Å². The van der Waals surface area contributed by atoms with Crippen molar-refractivity contribution in [3.05, 3.63) is 35.1 Å². The summed E-state index contributed by atoms with van der Waals surface area (Å²) in [6.07, 6.45) is 5.22. The lowest BCUT2D eigenvalue weighted by atomic mass is 10.1. The molecule has 1 amide bonds. The monoisotopic (exact) mass is 308 g/mol. The quantitative estimate of drug-likeness (QED) is 0.601. The van der Waals surface area contributed by atoms with Gasteiger partial charge in [0.2, 0.25) is 0 Å². The molecule has 0 heterocycles. The van der Waals surface area contributed by atoms with Gasteiger partial charge in [0.25, 0.3) is 5.91 Å². The first-order valence-corrected chi connectivity index (χ1v) is 8.34. The van der Waals surface area contributed by atoms with Crippen LogP contribution in [0.15, 0.2) is 18.2 Å². The molecule has 3 nitrogen and oxygen atoms in total. The van der Waals surface area contributed by atoms with E-state index in [2.05, 4.69) is 23.4 Å². The molecule has 0 aliphatic carbocycles. The number of amides is 1. The molecular weight excluding hydrogens is 287 g/mol. The van der Waals surface area contributed by atoms with Gasteiger partial charge in [0.1, 0.15) is 5.82 Å². The highest BCUT2D eigenvalue weighted by molar-refractivity contribution is 7.98. The summed E-state index contributed by atoms with van der Waals surface area (Å²) in [5.74, 6) is 5.88. The van der Waals surface area contributed by atoms with E-state index in [-0.39, 0.29) is 18.0 Å². The first-order valence-electron chi connectivity index (χ1n) is 6.94. The molecule has 0 saturated heterocycles. The Bertz CT molecular complexity index is 523. The fourth-order valence-corrected chi connectivity index (χ4v) is 2.30. The van der Waals surface area contributed by atoms with E-state index < -0.39 is 5.82 Å². The molecule has 1 aromatic carbocycles. The third kappa shape index (κ3) is 6.65. The molecule has 21 heavy (non-hydrogen) atoms. The van der Waals surface area contributed by atoms with Crippen molar-refractivity contribution in [1.82, 2.24) is 5.32 Å². The molecule has 114 valence electrons. The van der Waals surface area contributed by atoms with Crippen molar-refractivity contribution in [3.8, 4) is 11.8 Å². The van der Waals surface area contributed by atoms with E-state index in [1.54, 1.807) is 0 Å². The molecule has 1 rings (SSSR count). The molecular formula is C16H21FN2OS. The number of hydrogen-bond acceptors (Lipinski definition) is 3. The Balaban J connectivity index is 2.58. The molecule has 0 bridgehead atoms. The number of hydrogen-bond donors (Lipinski definition) is 2. The van der Waals surface area contributed by atoms with Crippen LogP contribution in [0.4, 0.5) is 4.39 Å². The van der Waals surface area contributed by atoms with E-state index in [4.69, 9.17) is 5.73 Å². The van der Waals surface area contributed by atoms with Gasteiger partial charge in [0.15, 0.2) is 0 Å². The van der Waals surface area contributed by atoms with E-state index in [9.17, 15) is 9.18 Å². The second-order valence-electron chi connectivity index (χ2n) is 4.51. The van der Waals surface area contributed by atoms with Crippen LogP contribution in [0.2, 0.25) is 0 Å². The number of halogens is 1. The zero-order chi connectivity index (χ0) is 15.5. The summed E-state index contributed by atoms with van der Waals surface area (Å²) in [6.45, 7) is 0.793. The molecule has 0 spiro atoms. The predicted octanol–water partition coefficient (Wildman–Crippen LogP) is 2.40. The Kier molecular flexibility index (Phi) is 8.56. The number of thioether (sulfide) groups is 1. The Morgan fingerprint density at radius 2 is 2.19 bits per heavy atom. The normalized spacial score (nSPS) is 9.86. The standard InChI is InChI=1S/C16H21FN2OS/c1-21-11-4-2-3-10-19-16(20)15-12-14(17)8-7-13(15)6-5-9-18/h7-8,12H,2-4,9-11,18H2,1H3,(H,19,20). The smallest absolute Gasteiger partial charge is 0.252 e. The minimum absolute atomic E-state index is 0.202. The highest BCUT2D eigenvalue weighted by Crippen LogP contribution is 2.10. The van der Waals surface area contributed by atoms with Crippen molar-refractivity contribution in [2.24, 2.45) is 5.73 Å². The van der Waals surface area contributed by atoms with Gasteiger partial charge in [0, 0.05) is 12.1 Å². The van der Waals surface area contributed by atoms with Crippen LogP contribution in [0.3, 0.4) is 0 Å². The summed E-state index contributed by atoms with van der Waals surface area (Å²) in [4.78, 5) is 12.1. The topological polar surface area (TPSA) is 55.1 Å². The number of carbonyl (C=O) groups is 1. The molecule has 5 heteroatoms. The van der Waals surface area contributed by atoms with Gasteiger partial charge in [-0.05, 0) is 43.0 Å². The maximum absolute atomic E-state index is 13.3. The summed E-state index contributed by atoms with van der Waals surface area (Å²) >= 11 is 1.82. The van der Waals surface area contributed by atoms with E-state index in [0.29, 0.717) is 12.1 Å². The lowest BCUT2D eigenvalue weighted by molar-refractivity contribution is 0.0952. The van der Waals surface area contributed by atoms with Crippen molar-refractivity contribution in [1.29, 1.82) is 0 Å². The van der Waals surface area contributed by atoms with Crippen molar-refractivity contribution >= 4 is 17.7 Å². The van der Waals surface area contributed by atoms with Crippen LogP contribution >= 0.6 is 11.8 Å². The Labute approximate surface area is 129 Å². The SMILES string of the molecule is CSCCCCCNC(=O)c1cc(F)ccc1C#CCN. The maximum atomic E-state index is 13.3. The molecule has 3 N–H and O–H groups in total. The van der Waals surface area contributed by atoms with Crippen molar-refractivity contribution in [2.45, 2.75) is 19.3 Å². The Morgan fingerprint density at radius 3 is 2.90 bits per heavy atom. The molecule has 0 aromatic heterocycles. The first kappa shape index (κ1) is 17.5. The average molecular weight is 308 g/mol. The lowest BCUT2D eigenvalue weighted by Crippen LogP contribution is -2.25. The van der Waals surface area contributed by atoms with Crippen molar-refractivity contribution in [3.63, 3.8) is 0 Å². The second kappa shape index (κ2) is 10.3. The van der Waals surface area contributed by atoms with Crippen molar-refractivity contribution in [2.75, 3.05) is 25.1 Å². The molecule has 0 aliphatic rings. The summed E-state index contributed by atoms with van der Waals surface area (Å²) in [7, 11) is 0. The van der Waals surface area contributed by atoms with Gasteiger partial charge in [-0.1, -0.05) is 18.3 Å². The molecule has 0 radical (unpaired) electrons. The average Bonchev–Trinajstić information content (AvgIpc) is 2.49. The van der Waals surface area contributed by atoms with Crippen LogP contribution < -0.4 is 11.1 Å². The van der Waals surface area contributed by atoms with Crippen LogP contribution in [0.5, 0.6) is 0 Å². The predicted molar refractivity (Wildman–Crippen MR) is 86.9 cm³/mol. The summed E-state index contributed by atoms with van der Waals surface area (Å²) in [5.41, 5.74) is 6.09. The lowest BCUT2D eigenvalue weighted by Gasteiger charge is -2.07. The first-order chi connectivity index (χ1) is 10.2. The molecule has 1 aromatic rings. The fraction of sp³-hybridized carbons (Fsp3) is 0.438. The number of nitrogens with two attached hydrogens (primary N) is 1. The zero-order valence-electron chi connectivity index (χ0n) is 12.2. The Morgan fingerprint density at radius 1 is 1.38 bits per heavy atom. The second-order valence-corrected chi connectivity index (χ2v) is 5.49. The molecule has 0 aliphatic heterocycles. The Hall–Kier alpha value is -1.51. The molecule has 0 atom stereocenters. The minimum atomic E-state index is -0.446. The number of unbranched alkanes of at least 4 members (excludes halogenated alkanes) is 2. The van der Waals surface area contributed by atoms with E-state index in [0.717, 1.165) is 25.0 Å². The van der Waals surface area contributed by atoms with Crippen LogP contribution in [0.1, 0.15) is 35.2 Å². The minimum Gasteiger partial charge on any atom is -0.352 e. The molecule has 0 saturated carbocycles. The third-order valence-electron chi connectivity index (χ3n) is 2.86. The van der Waals surface area contributed by atoms with E-state index in [1.165, 1.54) is 18.2 Å². The maximum Gasteiger partial charge on any atom is 0.252 e. The van der Waals surface area contributed by atoms with Crippen LogP contribution in [0.25, 0.3) is 0 Å². The van der Waals surface area contributed by atoms with Gasteiger partial charge in [-0.25, -0.2) is 4.39 Å². The molecule has 0 unspecified atom stereocenters. The van der Waals surface area contributed by atoms with Gasteiger partial charge in [-0.3, -0.25) is 4.79 Å². The summed E-state index contributed by atoms with van der Waals surface area (Å²) in [6, 6.07) is 4.01. The highest BCUT2D eigenvalue weighted by atomic mass is 32.2. The van der Waals surface area contributed by atoms with Crippen LogP contribution in [-0.4, -0.2) is 31.0 Å². The van der Waals surface area contributed by atoms with Gasteiger partial charge in [-0.2, -0.15) is 11.8 Å². The summed E-state index contributed by atoms with van der Waals surface area (Å²) < 4.78 is 13.3. The fourth-order valence-electron chi connectivity index (χ4n) is 1.80. The number of rotatable bonds is 7. The number of benzene rings is 1. The third-order valence-corrected chi connectivity index (χ3v) is 3.56. The number of nitrogens with one attached hydrogen (secondary N) is 1. The summed E-state index contributed by atoms with van der Waals surface area (Å²) in [5, 5.41) is 2.81. The van der Waals surface area contributed by atoms with Gasteiger partial charge < -0.3 is 11.1 Å². The van der Waals surface area contributed by atoms with Crippen LogP contribution in [-0.2, 0) is 0 Å². The van der Waals surface area contributed by atoms with Gasteiger partial charge in [-0.15, -0.1) is 0 Å². The van der Waals surface area contributed by atoms with E-state index in [1.807, 2.05) is 11.8 Å². The highest BCUT2D eigenvalue weighted by Gasteiger charge is 2.10. The number of carbonyl (C=O) groups excluding carboxylic acids is 1. The zero-order valence-corrected chi connectivity index (χ0v) is 13.1. The largest absolute Gasteiger partial charge is 0.352 e. The van der Waals surface area contributed by atoms with Crippen molar-refractivity contribution < 1.29 is 9.18 Å². The van der Waals surface area contributed by atoms with Crippen LogP contribution in [0, 0.1) is 17.7 Å². The molecule has 0 fully saturated rings. The van der Waals surface area contributed by atoms with Gasteiger partial charge >= 0.3 is 0 Å². The van der Waals surface area contributed by atoms with Gasteiger partial charge in [0.05, 0.1) is 12.1 Å².